The van der Waals surface area contributed by atoms with E-state index in [0.29, 0.717) is 6.54 Å². The van der Waals surface area contributed by atoms with Gasteiger partial charge < -0.3 is 20.1 Å². The Bertz CT molecular complexity index is 988. The van der Waals surface area contributed by atoms with Crippen LogP contribution in [-0.4, -0.2) is 53.2 Å². The largest absolute Gasteiger partial charge is 0.481 e. The number of alkyl carbamates (subject to hydrolysis) is 1. The van der Waals surface area contributed by atoms with Gasteiger partial charge in [0.1, 0.15) is 12.6 Å². The molecule has 0 fully saturated rings. The molecule has 34 heavy (non-hydrogen) atoms. The summed E-state index contributed by atoms with van der Waals surface area (Å²) in [5, 5.41) is 11.8. The second-order valence-corrected chi connectivity index (χ2v) is 9.43. The van der Waals surface area contributed by atoms with Crippen molar-refractivity contribution in [1.82, 2.24) is 10.2 Å². The summed E-state index contributed by atoms with van der Waals surface area (Å²) in [6.45, 7) is 8.47. The molecule has 2 aromatic rings. The Balaban J connectivity index is 1.71. The molecule has 1 aliphatic carbocycles. The van der Waals surface area contributed by atoms with Crippen molar-refractivity contribution in [1.29, 1.82) is 0 Å². The number of hydrogen-bond acceptors (Lipinski definition) is 4. The average molecular weight is 467 g/mol. The highest BCUT2D eigenvalue weighted by Crippen LogP contribution is 2.44. The van der Waals surface area contributed by atoms with Gasteiger partial charge in [-0.3, -0.25) is 9.59 Å². The highest BCUT2D eigenvalue weighted by molar-refractivity contribution is 5.86. The molecule has 2 N–H and O–H groups in total. The maximum atomic E-state index is 13.2. The Kier molecular flexibility index (Phi) is 8.31. The molecule has 7 nitrogen and oxygen atoms in total. The van der Waals surface area contributed by atoms with Crippen molar-refractivity contribution < 1.29 is 24.2 Å². The SMILES string of the molecule is CC(C)CN(C(=O)C(CCC(=O)O)NC(=O)OCC1c2ccccc2-c2ccccc21)C(C)C. The van der Waals surface area contributed by atoms with E-state index >= 15 is 0 Å². The number of fused-ring (bicyclic) bond motifs is 3. The van der Waals surface area contributed by atoms with Crippen LogP contribution in [0.4, 0.5) is 4.79 Å². The number of carbonyl (C=O) groups excluding carboxylic acids is 2. The Labute approximate surface area is 201 Å². The second-order valence-electron chi connectivity index (χ2n) is 9.43. The fraction of sp³-hybridized carbons (Fsp3) is 0.444. The molecule has 2 amide bonds. The van der Waals surface area contributed by atoms with Crippen LogP contribution < -0.4 is 5.32 Å². The molecule has 3 rings (SSSR count). The minimum absolute atomic E-state index is 0.000320. The number of carbonyl (C=O) groups is 3. The molecule has 0 saturated carbocycles. The van der Waals surface area contributed by atoms with Gasteiger partial charge in [0.2, 0.25) is 5.91 Å². The number of rotatable bonds is 10. The topological polar surface area (TPSA) is 95.9 Å². The summed E-state index contributed by atoms with van der Waals surface area (Å²) in [5.74, 6) is -1.18. The zero-order chi connectivity index (χ0) is 24.8. The molecule has 0 radical (unpaired) electrons. The summed E-state index contributed by atoms with van der Waals surface area (Å²) in [4.78, 5) is 38.8. The third-order valence-electron chi connectivity index (χ3n) is 6.05. The van der Waals surface area contributed by atoms with Gasteiger partial charge in [-0.1, -0.05) is 62.4 Å². The van der Waals surface area contributed by atoms with Crippen molar-refractivity contribution in [3.05, 3.63) is 59.7 Å². The maximum absolute atomic E-state index is 13.2. The first-order valence-corrected chi connectivity index (χ1v) is 11.8. The molecule has 0 spiro atoms. The van der Waals surface area contributed by atoms with E-state index in [4.69, 9.17) is 9.84 Å². The van der Waals surface area contributed by atoms with Crippen LogP contribution in [0, 0.1) is 5.92 Å². The summed E-state index contributed by atoms with van der Waals surface area (Å²) in [5.41, 5.74) is 4.45. The Morgan fingerprint density at radius 2 is 1.53 bits per heavy atom. The van der Waals surface area contributed by atoms with Gasteiger partial charge in [-0.25, -0.2) is 4.79 Å². The van der Waals surface area contributed by atoms with E-state index in [1.165, 1.54) is 0 Å². The number of nitrogens with one attached hydrogen (secondary N) is 1. The first-order chi connectivity index (χ1) is 16.2. The second kappa shape index (κ2) is 11.2. The van der Waals surface area contributed by atoms with Crippen molar-refractivity contribution in [2.75, 3.05) is 13.2 Å². The van der Waals surface area contributed by atoms with Crippen LogP contribution in [0.5, 0.6) is 0 Å². The van der Waals surface area contributed by atoms with Crippen LogP contribution in [0.1, 0.15) is 57.6 Å². The maximum Gasteiger partial charge on any atom is 0.407 e. The summed E-state index contributed by atoms with van der Waals surface area (Å²) in [6.07, 6.45) is -0.952. The van der Waals surface area contributed by atoms with Crippen LogP contribution >= 0.6 is 0 Å². The molecule has 0 bridgehead atoms. The summed E-state index contributed by atoms with van der Waals surface area (Å²) < 4.78 is 5.58. The van der Waals surface area contributed by atoms with E-state index in [-0.39, 0.29) is 43.2 Å². The van der Waals surface area contributed by atoms with Crippen molar-refractivity contribution in [2.45, 2.75) is 58.5 Å². The molecule has 1 unspecified atom stereocenters. The number of aliphatic carboxylic acids is 1. The summed E-state index contributed by atoms with van der Waals surface area (Å²) >= 11 is 0. The molecule has 7 heteroatoms. The van der Waals surface area contributed by atoms with Gasteiger partial charge in [-0.2, -0.15) is 0 Å². The molecule has 2 aromatic carbocycles. The van der Waals surface area contributed by atoms with Crippen LogP contribution in [-0.2, 0) is 14.3 Å². The van der Waals surface area contributed by atoms with Crippen molar-refractivity contribution >= 4 is 18.0 Å². The van der Waals surface area contributed by atoms with Crippen LogP contribution in [0.25, 0.3) is 11.1 Å². The van der Waals surface area contributed by atoms with Gasteiger partial charge >= 0.3 is 12.1 Å². The average Bonchev–Trinajstić information content (AvgIpc) is 3.11. The molecular weight excluding hydrogens is 432 g/mol. The molecule has 1 aliphatic rings. The standard InChI is InChI=1S/C27H34N2O5/c1-17(2)15-29(18(3)4)26(32)24(13-14-25(30)31)28-27(33)34-16-23-21-11-7-5-9-19(21)20-10-6-8-12-22(20)23/h5-12,17-18,23-24H,13-16H2,1-4H3,(H,28,33)(H,30,31). The summed E-state index contributed by atoms with van der Waals surface area (Å²) in [6, 6.07) is 15.1. The number of amides is 2. The lowest BCUT2D eigenvalue weighted by atomic mass is 9.98. The first-order valence-electron chi connectivity index (χ1n) is 11.8. The van der Waals surface area contributed by atoms with E-state index in [0.717, 1.165) is 22.3 Å². The van der Waals surface area contributed by atoms with E-state index < -0.39 is 18.1 Å². The minimum Gasteiger partial charge on any atom is -0.481 e. The van der Waals surface area contributed by atoms with Gasteiger partial charge in [0, 0.05) is 24.9 Å². The van der Waals surface area contributed by atoms with Gasteiger partial charge in [0.05, 0.1) is 0 Å². The van der Waals surface area contributed by atoms with Crippen molar-refractivity contribution in [3.63, 3.8) is 0 Å². The molecule has 0 saturated heterocycles. The van der Waals surface area contributed by atoms with Crippen LogP contribution in [0.15, 0.2) is 48.5 Å². The van der Waals surface area contributed by atoms with Gasteiger partial charge in [-0.05, 0) is 48.4 Å². The lowest BCUT2D eigenvalue weighted by molar-refractivity contribution is -0.138. The molecule has 0 heterocycles. The monoisotopic (exact) mass is 466 g/mol. The quantitative estimate of drug-likeness (QED) is 0.531. The zero-order valence-electron chi connectivity index (χ0n) is 20.3. The number of benzene rings is 2. The fourth-order valence-electron chi connectivity index (χ4n) is 4.46. The molecule has 0 aromatic heterocycles. The smallest absolute Gasteiger partial charge is 0.407 e. The molecule has 1 atom stereocenters. The van der Waals surface area contributed by atoms with Gasteiger partial charge in [-0.15, -0.1) is 0 Å². The Hall–Kier alpha value is -3.35. The third-order valence-corrected chi connectivity index (χ3v) is 6.05. The molecular formula is C27H34N2O5. The molecule has 182 valence electrons. The predicted molar refractivity (Wildman–Crippen MR) is 131 cm³/mol. The van der Waals surface area contributed by atoms with Gasteiger partial charge in [0.25, 0.3) is 0 Å². The number of carboxylic acid groups (broad SMARTS) is 1. The summed E-state index contributed by atoms with van der Waals surface area (Å²) in [7, 11) is 0. The number of carboxylic acids is 1. The van der Waals surface area contributed by atoms with E-state index in [9.17, 15) is 14.4 Å². The highest BCUT2D eigenvalue weighted by Gasteiger charge is 2.31. The van der Waals surface area contributed by atoms with E-state index in [2.05, 4.69) is 17.4 Å². The van der Waals surface area contributed by atoms with E-state index in [1.54, 1.807) is 4.90 Å². The minimum atomic E-state index is -1.02. The highest BCUT2D eigenvalue weighted by atomic mass is 16.5. The zero-order valence-corrected chi connectivity index (χ0v) is 20.3. The Morgan fingerprint density at radius 3 is 2.03 bits per heavy atom. The third kappa shape index (κ3) is 5.95. The lowest BCUT2D eigenvalue weighted by Gasteiger charge is -2.32. The van der Waals surface area contributed by atoms with Crippen LogP contribution in [0.2, 0.25) is 0 Å². The number of ether oxygens (including phenoxy) is 1. The number of nitrogens with zero attached hydrogens (tertiary/aromatic N) is 1. The van der Waals surface area contributed by atoms with Gasteiger partial charge in [0.15, 0.2) is 0 Å². The predicted octanol–water partition coefficient (Wildman–Crippen LogP) is 4.65. The molecule has 0 aliphatic heterocycles. The first kappa shape index (κ1) is 25.3. The normalized spacial score (nSPS) is 13.4. The van der Waals surface area contributed by atoms with E-state index in [1.807, 2.05) is 64.1 Å². The van der Waals surface area contributed by atoms with Crippen molar-refractivity contribution in [3.8, 4) is 11.1 Å². The Morgan fingerprint density at radius 1 is 0.971 bits per heavy atom. The number of hydrogen-bond donors (Lipinski definition) is 2. The van der Waals surface area contributed by atoms with Crippen LogP contribution in [0.3, 0.4) is 0 Å². The lowest BCUT2D eigenvalue weighted by Crippen LogP contribution is -2.52. The van der Waals surface area contributed by atoms with Crippen molar-refractivity contribution in [2.24, 2.45) is 5.92 Å². The fourth-order valence-corrected chi connectivity index (χ4v) is 4.46.